The van der Waals surface area contributed by atoms with Gasteiger partial charge in [-0.2, -0.15) is 0 Å². The van der Waals surface area contributed by atoms with Crippen LogP contribution in [0.1, 0.15) is 37.4 Å². The van der Waals surface area contributed by atoms with Crippen LogP contribution >= 0.6 is 11.8 Å². The molecule has 0 radical (unpaired) electrons. The highest BCUT2D eigenvalue weighted by Gasteiger charge is 2.22. The Morgan fingerprint density at radius 1 is 1.12 bits per heavy atom. The van der Waals surface area contributed by atoms with Crippen LogP contribution in [-0.2, 0) is 11.8 Å². The predicted molar refractivity (Wildman–Crippen MR) is 130 cm³/mol. The number of ether oxygens (including phenoxy) is 2. The lowest BCUT2D eigenvalue weighted by atomic mass is 9.95. The van der Waals surface area contributed by atoms with Gasteiger partial charge in [0.15, 0.2) is 22.5 Å². The molecule has 8 heteroatoms. The van der Waals surface area contributed by atoms with E-state index in [9.17, 15) is 4.79 Å². The molecule has 0 fully saturated rings. The third kappa shape index (κ3) is 5.33. The zero-order valence-corrected chi connectivity index (χ0v) is 20.3. The zero-order chi connectivity index (χ0) is 23.4. The van der Waals surface area contributed by atoms with E-state index in [1.54, 1.807) is 0 Å². The Kier molecular flexibility index (Phi) is 7.23. The maximum atomic E-state index is 12.8. The average molecular weight is 467 g/mol. The number of benzene rings is 2. The van der Waals surface area contributed by atoms with Crippen LogP contribution in [-0.4, -0.2) is 39.6 Å². The van der Waals surface area contributed by atoms with Gasteiger partial charge in [0.2, 0.25) is 5.91 Å². The molecule has 0 bridgehead atoms. The molecular weight excluding hydrogens is 436 g/mol. The van der Waals surface area contributed by atoms with Crippen molar-refractivity contribution >= 4 is 17.7 Å². The summed E-state index contributed by atoms with van der Waals surface area (Å²) in [4.78, 5) is 12.8. The Morgan fingerprint density at radius 3 is 2.64 bits per heavy atom. The molecule has 1 aromatic heterocycles. The van der Waals surface area contributed by atoms with E-state index >= 15 is 0 Å². The molecule has 0 aliphatic carbocycles. The topological polar surface area (TPSA) is 78.3 Å². The standard InChI is InChI=1S/C25H30N4O3S/c1-16(2)23(18-10-11-20-21(14-18)32-13-7-12-31-20)26-22(30)15-33-25-28-27-24(29(25)4)19-9-6-5-8-17(19)3/h5-6,8-11,14,16,23H,7,12-13,15H2,1-4H3,(H,26,30)/t23-/m0/s1. The number of rotatable bonds is 7. The number of thioether (sulfide) groups is 1. The second-order valence-electron chi connectivity index (χ2n) is 8.51. The minimum Gasteiger partial charge on any atom is -0.490 e. The average Bonchev–Trinajstić information content (AvgIpc) is 3.01. The quantitative estimate of drug-likeness (QED) is 0.515. The van der Waals surface area contributed by atoms with Crippen molar-refractivity contribution in [3.63, 3.8) is 0 Å². The molecule has 2 heterocycles. The molecular formula is C25H30N4O3S. The monoisotopic (exact) mass is 466 g/mol. The van der Waals surface area contributed by atoms with Crippen LogP contribution in [0, 0.1) is 12.8 Å². The first-order valence-electron chi connectivity index (χ1n) is 11.2. The van der Waals surface area contributed by atoms with E-state index in [1.807, 2.05) is 48.0 Å². The number of fused-ring (bicyclic) bond motifs is 1. The Morgan fingerprint density at radius 2 is 1.88 bits per heavy atom. The van der Waals surface area contributed by atoms with Gasteiger partial charge in [0.25, 0.3) is 0 Å². The predicted octanol–water partition coefficient (Wildman–Crippen LogP) is 4.56. The number of amides is 1. The summed E-state index contributed by atoms with van der Waals surface area (Å²) < 4.78 is 13.5. The molecule has 1 atom stereocenters. The van der Waals surface area contributed by atoms with E-state index in [0.29, 0.717) is 18.4 Å². The first kappa shape index (κ1) is 23.2. The van der Waals surface area contributed by atoms with Gasteiger partial charge in [-0.15, -0.1) is 10.2 Å². The van der Waals surface area contributed by atoms with Gasteiger partial charge in [0.1, 0.15) is 0 Å². The smallest absolute Gasteiger partial charge is 0.230 e. The highest BCUT2D eigenvalue weighted by atomic mass is 32.2. The van der Waals surface area contributed by atoms with Crippen molar-refractivity contribution < 1.29 is 14.3 Å². The Hall–Kier alpha value is -3.00. The fourth-order valence-electron chi connectivity index (χ4n) is 3.85. The summed E-state index contributed by atoms with van der Waals surface area (Å²) in [6.07, 6.45) is 0.860. The highest BCUT2D eigenvalue weighted by Crippen LogP contribution is 2.34. The number of aryl methyl sites for hydroxylation is 1. The number of hydrogen-bond donors (Lipinski definition) is 1. The van der Waals surface area contributed by atoms with Crippen molar-refractivity contribution in [2.24, 2.45) is 13.0 Å². The van der Waals surface area contributed by atoms with Gasteiger partial charge in [0, 0.05) is 19.0 Å². The van der Waals surface area contributed by atoms with Gasteiger partial charge < -0.3 is 19.4 Å². The maximum absolute atomic E-state index is 12.8. The summed E-state index contributed by atoms with van der Waals surface area (Å²) in [7, 11) is 1.93. The summed E-state index contributed by atoms with van der Waals surface area (Å²) in [5, 5.41) is 12.5. The molecule has 33 heavy (non-hydrogen) atoms. The van der Waals surface area contributed by atoms with E-state index in [-0.39, 0.29) is 23.6 Å². The minimum atomic E-state index is -0.128. The van der Waals surface area contributed by atoms with Gasteiger partial charge >= 0.3 is 0 Å². The first-order chi connectivity index (χ1) is 15.9. The zero-order valence-electron chi connectivity index (χ0n) is 19.5. The second kappa shape index (κ2) is 10.3. The van der Waals surface area contributed by atoms with Crippen molar-refractivity contribution in [3.8, 4) is 22.9 Å². The number of aromatic nitrogens is 3. The molecule has 3 aromatic rings. The third-order valence-corrected chi connectivity index (χ3v) is 6.69. The van der Waals surface area contributed by atoms with Gasteiger partial charge in [-0.3, -0.25) is 4.79 Å². The van der Waals surface area contributed by atoms with E-state index in [1.165, 1.54) is 11.8 Å². The SMILES string of the molecule is Cc1ccccc1-c1nnc(SCC(=O)N[C@H](c2ccc3c(c2)OCCCO3)C(C)C)n1C. The van der Waals surface area contributed by atoms with Crippen LogP contribution in [0.4, 0.5) is 0 Å². The third-order valence-electron chi connectivity index (χ3n) is 5.67. The molecule has 2 aromatic carbocycles. The van der Waals surface area contributed by atoms with Crippen LogP contribution in [0.5, 0.6) is 11.5 Å². The normalized spacial score (nSPS) is 14.1. The molecule has 1 aliphatic heterocycles. The van der Waals surface area contributed by atoms with E-state index in [2.05, 4.69) is 42.4 Å². The Labute approximate surface area is 198 Å². The fourth-order valence-corrected chi connectivity index (χ4v) is 4.57. The molecule has 1 N–H and O–H groups in total. The molecule has 1 aliphatic rings. The molecule has 7 nitrogen and oxygen atoms in total. The maximum Gasteiger partial charge on any atom is 0.230 e. The molecule has 0 spiro atoms. The van der Waals surface area contributed by atoms with Gasteiger partial charge in [0.05, 0.1) is 25.0 Å². The molecule has 4 rings (SSSR count). The lowest BCUT2D eigenvalue weighted by molar-refractivity contribution is -0.119. The number of nitrogens with zero attached hydrogens (tertiary/aromatic N) is 3. The largest absolute Gasteiger partial charge is 0.490 e. The summed E-state index contributed by atoms with van der Waals surface area (Å²) in [5.41, 5.74) is 3.18. The van der Waals surface area contributed by atoms with Crippen molar-refractivity contribution in [1.82, 2.24) is 20.1 Å². The Balaban J connectivity index is 1.43. The summed E-state index contributed by atoms with van der Waals surface area (Å²) in [6, 6.07) is 13.9. The molecule has 0 saturated heterocycles. The summed E-state index contributed by atoms with van der Waals surface area (Å²) >= 11 is 1.38. The van der Waals surface area contributed by atoms with Crippen molar-refractivity contribution in [2.75, 3.05) is 19.0 Å². The molecule has 0 unspecified atom stereocenters. The van der Waals surface area contributed by atoms with Gasteiger partial charge in [-0.1, -0.05) is 55.9 Å². The van der Waals surface area contributed by atoms with E-state index < -0.39 is 0 Å². The lowest BCUT2D eigenvalue weighted by Crippen LogP contribution is -2.33. The van der Waals surface area contributed by atoms with Crippen molar-refractivity contribution in [3.05, 3.63) is 53.6 Å². The number of hydrogen-bond acceptors (Lipinski definition) is 6. The number of nitrogens with one attached hydrogen (secondary N) is 1. The van der Waals surface area contributed by atoms with Crippen LogP contribution in [0.25, 0.3) is 11.4 Å². The summed E-state index contributed by atoms with van der Waals surface area (Å²) in [6.45, 7) is 7.53. The minimum absolute atomic E-state index is 0.0498. The van der Waals surface area contributed by atoms with Gasteiger partial charge in [-0.05, 0) is 36.1 Å². The van der Waals surface area contributed by atoms with Crippen molar-refractivity contribution in [2.45, 2.75) is 38.4 Å². The first-order valence-corrected chi connectivity index (χ1v) is 12.2. The van der Waals surface area contributed by atoms with Crippen LogP contribution in [0.15, 0.2) is 47.6 Å². The molecule has 0 saturated carbocycles. The highest BCUT2D eigenvalue weighted by molar-refractivity contribution is 7.99. The molecule has 174 valence electrons. The van der Waals surface area contributed by atoms with Crippen LogP contribution in [0.3, 0.4) is 0 Å². The number of carbonyl (C=O) groups is 1. The van der Waals surface area contributed by atoms with Gasteiger partial charge in [-0.25, -0.2) is 0 Å². The lowest BCUT2D eigenvalue weighted by Gasteiger charge is -2.24. The number of carbonyl (C=O) groups excluding carboxylic acids is 1. The Bertz CT molecular complexity index is 1130. The second-order valence-corrected chi connectivity index (χ2v) is 9.46. The summed E-state index contributed by atoms with van der Waals surface area (Å²) in [5.74, 6) is 2.71. The van der Waals surface area contributed by atoms with Crippen molar-refractivity contribution in [1.29, 1.82) is 0 Å². The molecule has 1 amide bonds. The van der Waals surface area contributed by atoms with E-state index in [0.717, 1.165) is 40.4 Å². The van der Waals surface area contributed by atoms with E-state index in [4.69, 9.17) is 9.47 Å². The van der Waals surface area contributed by atoms with Crippen LogP contribution < -0.4 is 14.8 Å². The van der Waals surface area contributed by atoms with Crippen LogP contribution in [0.2, 0.25) is 0 Å². The fraction of sp³-hybridized carbons (Fsp3) is 0.400.